The van der Waals surface area contributed by atoms with E-state index in [1.165, 1.54) is 7.11 Å². The highest BCUT2D eigenvalue weighted by Gasteiger charge is 2.01. The Bertz CT molecular complexity index is 563. The molecule has 2 rings (SSSR count). The Morgan fingerprint density at radius 2 is 2.00 bits per heavy atom. The van der Waals surface area contributed by atoms with E-state index in [9.17, 15) is 4.79 Å². The summed E-state index contributed by atoms with van der Waals surface area (Å²) in [6, 6.07) is 7.50. The van der Waals surface area contributed by atoms with E-state index in [0.717, 1.165) is 22.9 Å². The quantitative estimate of drug-likeness (QED) is 0.752. The van der Waals surface area contributed by atoms with E-state index in [2.05, 4.69) is 20.6 Å². The van der Waals surface area contributed by atoms with Crippen LogP contribution in [-0.2, 0) is 16.1 Å². The van der Waals surface area contributed by atoms with Gasteiger partial charge in [0.15, 0.2) is 0 Å². The van der Waals surface area contributed by atoms with Crippen LogP contribution in [0, 0.1) is 6.92 Å². The van der Waals surface area contributed by atoms with E-state index in [-0.39, 0.29) is 12.5 Å². The van der Waals surface area contributed by atoms with Gasteiger partial charge in [-0.2, -0.15) is 0 Å². The topological polar surface area (TPSA) is 79.0 Å². The highest BCUT2D eigenvalue weighted by atomic mass is 16.5. The van der Waals surface area contributed by atoms with Gasteiger partial charge in [-0.3, -0.25) is 4.79 Å². The third kappa shape index (κ3) is 4.10. The zero-order valence-electron chi connectivity index (χ0n) is 11.6. The van der Waals surface area contributed by atoms with Gasteiger partial charge in [-0.1, -0.05) is 0 Å². The van der Waals surface area contributed by atoms with Crippen molar-refractivity contribution in [1.82, 2.24) is 9.97 Å². The van der Waals surface area contributed by atoms with Crippen LogP contribution in [0.3, 0.4) is 0 Å². The van der Waals surface area contributed by atoms with Gasteiger partial charge in [0.25, 0.3) is 0 Å². The Hall–Kier alpha value is -2.34. The van der Waals surface area contributed by atoms with Gasteiger partial charge >= 0.3 is 0 Å². The van der Waals surface area contributed by atoms with Gasteiger partial charge in [-0.25, -0.2) is 4.98 Å². The lowest BCUT2D eigenvalue weighted by Gasteiger charge is -2.07. The van der Waals surface area contributed by atoms with Gasteiger partial charge in [-0.05, 0) is 31.2 Å². The Labute approximate surface area is 117 Å². The van der Waals surface area contributed by atoms with E-state index in [1.54, 1.807) is 0 Å². The summed E-state index contributed by atoms with van der Waals surface area (Å²) < 4.78 is 4.76. The molecule has 1 aromatic carbocycles. The number of ether oxygens (including phenoxy) is 1. The molecule has 0 atom stereocenters. The number of H-pyrrole nitrogens is 1. The first kappa shape index (κ1) is 14.1. The van der Waals surface area contributed by atoms with Crippen molar-refractivity contribution in [1.29, 1.82) is 0 Å². The largest absolute Gasteiger partial charge is 0.379 e. The number of aryl methyl sites for hydroxylation is 1. The molecule has 0 unspecified atom stereocenters. The maximum atomic E-state index is 11.3. The van der Waals surface area contributed by atoms with Gasteiger partial charge in [0.2, 0.25) is 5.91 Å². The molecule has 0 fully saturated rings. The van der Waals surface area contributed by atoms with Crippen LogP contribution in [0.25, 0.3) is 0 Å². The lowest BCUT2D eigenvalue weighted by Crippen LogP contribution is -2.16. The zero-order chi connectivity index (χ0) is 14.4. The minimum absolute atomic E-state index is 0.0547. The van der Waals surface area contributed by atoms with E-state index in [4.69, 9.17) is 4.74 Å². The van der Waals surface area contributed by atoms with Crippen molar-refractivity contribution in [3.8, 4) is 0 Å². The fourth-order valence-electron chi connectivity index (χ4n) is 1.76. The number of aromatic nitrogens is 2. The average molecular weight is 274 g/mol. The van der Waals surface area contributed by atoms with E-state index >= 15 is 0 Å². The van der Waals surface area contributed by atoms with Gasteiger partial charge in [0.1, 0.15) is 12.4 Å². The van der Waals surface area contributed by atoms with Crippen molar-refractivity contribution >= 4 is 17.3 Å². The molecule has 6 heteroatoms. The van der Waals surface area contributed by atoms with Crippen molar-refractivity contribution in [2.24, 2.45) is 0 Å². The number of rotatable bonds is 6. The Morgan fingerprint density at radius 1 is 1.30 bits per heavy atom. The fraction of sp³-hybridized carbons (Fsp3) is 0.286. The van der Waals surface area contributed by atoms with Crippen molar-refractivity contribution in [2.45, 2.75) is 13.5 Å². The Balaban J connectivity index is 1.86. The highest BCUT2D eigenvalue weighted by Crippen LogP contribution is 2.14. The predicted octanol–water partition coefficient (Wildman–Crippen LogP) is 1.92. The number of nitrogens with zero attached hydrogens (tertiary/aromatic N) is 1. The summed E-state index contributed by atoms with van der Waals surface area (Å²) in [5.74, 6) is 0.735. The molecule has 106 valence electrons. The third-order valence-corrected chi connectivity index (χ3v) is 2.68. The van der Waals surface area contributed by atoms with Crippen LogP contribution in [0.5, 0.6) is 0 Å². The molecule has 0 bridgehead atoms. The fourth-order valence-corrected chi connectivity index (χ4v) is 1.76. The number of anilines is 2. The van der Waals surface area contributed by atoms with E-state index in [0.29, 0.717) is 6.54 Å². The Kier molecular flexibility index (Phi) is 4.73. The van der Waals surface area contributed by atoms with Crippen LogP contribution >= 0.6 is 0 Å². The summed E-state index contributed by atoms with van der Waals surface area (Å²) in [7, 11) is 1.49. The first-order valence-electron chi connectivity index (χ1n) is 6.30. The van der Waals surface area contributed by atoms with Crippen molar-refractivity contribution in [3.05, 3.63) is 42.0 Å². The summed E-state index contributed by atoms with van der Waals surface area (Å²) in [4.78, 5) is 18.6. The van der Waals surface area contributed by atoms with Crippen molar-refractivity contribution in [3.63, 3.8) is 0 Å². The maximum absolute atomic E-state index is 11.3. The second-order valence-corrected chi connectivity index (χ2v) is 4.41. The standard InChI is InChI=1S/C14H18N4O2/c1-10-15-7-13(17-10)8-16-11-3-5-12(6-4-11)18-14(19)9-20-2/h3-7,16H,8-9H2,1-2H3,(H,15,17)(H,18,19). The number of hydrogen-bond acceptors (Lipinski definition) is 4. The molecule has 6 nitrogen and oxygen atoms in total. The summed E-state index contributed by atoms with van der Waals surface area (Å²) in [6.45, 7) is 2.65. The highest BCUT2D eigenvalue weighted by molar-refractivity contribution is 5.91. The maximum Gasteiger partial charge on any atom is 0.250 e. The second kappa shape index (κ2) is 6.72. The van der Waals surface area contributed by atoms with Gasteiger partial charge in [-0.15, -0.1) is 0 Å². The number of amides is 1. The molecule has 0 saturated heterocycles. The molecule has 1 heterocycles. The molecule has 0 saturated carbocycles. The molecule has 3 N–H and O–H groups in total. The molecule has 2 aromatic rings. The number of methoxy groups -OCH3 is 1. The molecule has 1 aromatic heterocycles. The first-order valence-corrected chi connectivity index (χ1v) is 6.30. The average Bonchev–Trinajstić information content (AvgIpc) is 2.84. The Morgan fingerprint density at radius 3 is 2.60 bits per heavy atom. The van der Waals surface area contributed by atoms with Gasteiger partial charge in [0.05, 0.1) is 18.4 Å². The molecular weight excluding hydrogens is 256 g/mol. The van der Waals surface area contributed by atoms with Crippen LogP contribution in [0.2, 0.25) is 0 Å². The van der Waals surface area contributed by atoms with Gasteiger partial charge in [0, 0.05) is 18.5 Å². The number of aromatic amines is 1. The third-order valence-electron chi connectivity index (χ3n) is 2.68. The summed E-state index contributed by atoms with van der Waals surface area (Å²) in [5.41, 5.74) is 2.75. The van der Waals surface area contributed by atoms with Crippen LogP contribution in [0.15, 0.2) is 30.5 Å². The van der Waals surface area contributed by atoms with Crippen LogP contribution in [0.4, 0.5) is 11.4 Å². The first-order chi connectivity index (χ1) is 9.67. The molecule has 0 spiro atoms. The van der Waals surface area contributed by atoms with Crippen LogP contribution < -0.4 is 10.6 Å². The molecule has 1 amide bonds. The summed E-state index contributed by atoms with van der Waals surface area (Å²) >= 11 is 0. The van der Waals surface area contributed by atoms with Crippen LogP contribution in [-0.4, -0.2) is 29.6 Å². The predicted molar refractivity (Wildman–Crippen MR) is 77.6 cm³/mol. The second-order valence-electron chi connectivity index (χ2n) is 4.41. The molecule has 0 aliphatic heterocycles. The molecule has 0 aliphatic carbocycles. The number of benzene rings is 1. The number of nitrogens with one attached hydrogen (secondary N) is 3. The van der Waals surface area contributed by atoms with Crippen LogP contribution in [0.1, 0.15) is 11.5 Å². The smallest absolute Gasteiger partial charge is 0.250 e. The number of carbonyl (C=O) groups excluding carboxylic acids is 1. The lowest BCUT2D eigenvalue weighted by atomic mass is 10.2. The summed E-state index contributed by atoms with van der Waals surface area (Å²) in [5, 5.41) is 6.01. The lowest BCUT2D eigenvalue weighted by molar-refractivity contribution is -0.119. The number of carbonyl (C=O) groups is 1. The van der Waals surface area contributed by atoms with Crippen molar-refractivity contribution in [2.75, 3.05) is 24.4 Å². The molecular formula is C14H18N4O2. The minimum Gasteiger partial charge on any atom is -0.379 e. The van der Waals surface area contributed by atoms with E-state index in [1.807, 2.05) is 37.4 Å². The molecule has 0 radical (unpaired) electrons. The van der Waals surface area contributed by atoms with Gasteiger partial charge < -0.3 is 20.4 Å². The van der Waals surface area contributed by atoms with Crippen molar-refractivity contribution < 1.29 is 9.53 Å². The zero-order valence-corrected chi connectivity index (χ0v) is 11.6. The number of imidazole rings is 1. The SMILES string of the molecule is COCC(=O)Nc1ccc(NCc2cnc(C)[nH]2)cc1. The minimum atomic E-state index is -0.166. The number of hydrogen-bond donors (Lipinski definition) is 3. The molecule has 0 aliphatic rings. The summed E-state index contributed by atoms with van der Waals surface area (Å²) in [6.07, 6.45) is 1.81. The normalized spacial score (nSPS) is 10.3. The molecule has 20 heavy (non-hydrogen) atoms. The monoisotopic (exact) mass is 274 g/mol. The van der Waals surface area contributed by atoms with E-state index < -0.39 is 0 Å².